The fourth-order valence-corrected chi connectivity index (χ4v) is 0.939. The predicted molar refractivity (Wildman–Crippen MR) is 47.0 cm³/mol. The molecule has 1 amide bonds. The first-order valence-electron chi connectivity index (χ1n) is 3.59. The molecule has 0 saturated heterocycles. The van der Waals surface area contributed by atoms with Crippen molar-refractivity contribution < 1.29 is 4.79 Å². The van der Waals surface area contributed by atoms with Crippen molar-refractivity contribution in [3.8, 4) is 0 Å². The third kappa shape index (κ3) is 1.72. The van der Waals surface area contributed by atoms with Crippen LogP contribution in [-0.4, -0.2) is 17.9 Å². The summed E-state index contributed by atoms with van der Waals surface area (Å²) in [5.74, 6) is 0.223. The lowest BCUT2D eigenvalue weighted by Gasteiger charge is -2.02. The van der Waals surface area contributed by atoms with Gasteiger partial charge in [-0.25, -0.2) is 4.98 Å². The first kappa shape index (κ1) is 8.52. The lowest BCUT2D eigenvalue weighted by Crippen LogP contribution is -2.12. The van der Waals surface area contributed by atoms with Gasteiger partial charge in [-0.15, -0.1) is 0 Å². The summed E-state index contributed by atoms with van der Waals surface area (Å²) in [5.41, 5.74) is 6.36. The number of primary amides is 1. The van der Waals surface area contributed by atoms with E-state index in [4.69, 9.17) is 5.73 Å². The summed E-state index contributed by atoms with van der Waals surface area (Å²) in [7, 11) is 1.74. The Morgan fingerprint density at radius 3 is 2.75 bits per heavy atom. The highest BCUT2D eigenvalue weighted by Gasteiger charge is 2.02. The molecule has 0 aliphatic carbocycles. The van der Waals surface area contributed by atoms with Crippen LogP contribution in [0.5, 0.6) is 0 Å². The van der Waals surface area contributed by atoms with Gasteiger partial charge in [0.15, 0.2) is 0 Å². The highest BCUT2D eigenvalue weighted by Crippen LogP contribution is 2.08. The number of hydrogen-bond acceptors (Lipinski definition) is 3. The number of pyridine rings is 1. The normalized spacial score (nSPS) is 9.50. The van der Waals surface area contributed by atoms with Crippen LogP contribution in [0.2, 0.25) is 0 Å². The van der Waals surface area contributed by atoms with E-state index in [-0.39, 0.29) is 0 Å². The Bertz CT molecular complexity index is 309. The molecule has 0 radical (unpaired) electrons. The number of aryl methyl sites for hydroxylation is 1. The van der Waals surface area contributed by atoms with Crippen LogP contribution in [0.4, 0.5) is 5.82 Å². The number of aromatic nitrogens is 1. The maximum atomic E-state index is 10.8. The number of nitrogens with two attached hydrogens (primary N) is 1. The Balaban J connectivity index is 3.15. The van der Waals surface area contributed by atoms with Gasteiger partial charge in [0.05, 0.1) is 0 Å². The van der Waals surface area contributed by atoms with Crippen LogP contribution in [0.3, 0.4) is 0 Å². The average Bonchev–Trinajstić information content (AvgIpc) is 2.03. The SMILES string of the molecule is CNc1cc(C(N)=O)cc(C)n1. The number of rotatable bonds is 2. The van der Waals surface area contributed by atoms with Crippen molar-refractivity contribution >= 4 is 11.7 Å². The molecule has 0 fully saturated rings. The second-order valence-corrected chi connectivity index (χ2v) is 2.50. The lowest BCUT2D eigenvalue weighted by molar-refractivity contribution is 0.1000. The standard InChI is InChI=1S/C8H11N3O/c1-5-3-6(8(9)12)4-7(10-2)11-5/h3-4H,1-2H3,(H2,9,12)(H,10,11). The highest BCUT2D eigenvalue weighted by atomic mass is 16.1. The van der Waals surface area contributed by atoms with E-state index >= 15 is 0 Å². The third-order valence-electron chi connectivity index (χ3n) is 1.49. The number of amides is 1. The highest BCUT2D eigenvalue weighted by molar-refractivity contribution is 5.93. The van der Waals surface area contributed by atoms with E-state index in [0.29, 0.717) is 11.4 Å². The Morgan fingerprint density at radius 1 is 1.58 bits per heavy atom. The van der Waals surface area contributed by atoms with E-state index < -0.39 is 5.91 Å². The van der Waals surface area contributed by atoms with E-state index in [0.717, 1.165) is 5.69 Å². The molecule has 0 atom stereocenters. The van der Waals surface area contributed by atoms with Gasteiger partial charge in [0.25, 0.3) is 0 Å². The zero-order valence-corrected chi connectivity index (χ0v) is 7.09. The molecule has 12 heavy (non-hydrogen) atoms. The van der Waals surface area contributed by atoms with E-state index in [9.17, 15) is 4.79 Å². The van der Waals surface area contributed by atoms with Crippen molar-refractivity contribution in [1.29, 1.82) is 0 Å². The van der Waals surface area contributed by atoms with Crippen LogP contribution in [0, 0.1) is 6.92 Å². The fourth-order valence-electron chi connectivity index (χ4n) is 0.939. The minimum absolute atomic E-state index is 0.433. The molecule has 1 aromatic rings. The summed E-state index contributed by atoms with van der Waals surface area (Å²) < 4.78 is 0. The van der Waals surface area contributed by atoms with Crippen molar-refractivity contribution in [3.63, 3.8) is 0 Å². The van der Waals surface area contributed by atoms with Crippen LogP contribution >= 0.6 is 0 Å². The van der Waals surface area contributed by atoms with Crippen molar-refractivity contribution in [2.45, 2.75) is 6.92 Å². The van der Waals surface area contributed by atoms with Gasteiger partial charge in [0.2, 0.25) is 5.91 Å². The van der Waals surface area contributed by atoms with Gasteiger partial charge >= 0.3 is 0 Å². The molecule has 4 heteroatoms. The summed E-state index contributed by atoms with van der Waals surface area (Å²) in [6, 6.07) is 3.28. The van der Waals surface area contributed by atoms with Gasteiger partial charge in [-0.2, -0.15) is 0 Å². The number of hydrogen-bond donors (Lipinski definition) is 2. The predicted octanol–water partition coefficient (Wildman–Crippen LogP) is 0.531. The minimum atomic E-state index is -0.433. The summed E-state index contributed by atoms with van der Waals surface area (Å²) in [5, 5.41) is 2.84. The van der Waals surface area contributed by atoms with Crippen LogP contribution in [0.1, 0.15) is 16.1 Å². The zero-order chi connectivity index (χ0) is 9.14. The van der Waals surface area contributed by atoms with E-state index in [1.807, 2.05) is 6.92 Å². The van der Waals surface area contributed by atoms with Gasteiger partial charge in [0.1, 0.15) is 5.82 Å². The van der Waals surface area contributed by atoms with Crippen molar-refractivity contribution in [2.24, 2.45) is 5.73 Å². The molecule has 4 nitrogen and oxygen atoms in total. The molecule has 0 saturated carbocycles. The fraction of sp³-hybridized carbons (Fsp3) is 0.250. The van der Waals surface area contributed by atoms with Gasteiger partial charge in [-0.3, -0.25) is 4.79 Å². The molecule has 1 aromatic heterocycles. The summed E-state index contributed by atoms with van der Waals surface area (Å²) in [6.45, 7) is 1.81. The van der Waals surface area contributed by atoms with Crippen LogP contribution < -0.4 is 11.1 Å². The lowest BCUT2D eigenvalue weighted by atomic mass is 10.2. The number of carbonyl (C=O) groups is 1. The number of carbonyl (C=O) groups excluding carboxylic acids is 1. The molecule has 3 N–H and O–H groups in total. The Hall–Kier alpha value is -1.58. The first-order valence-corrected chi connectivity index (χ1v) is 3.59. The smallest absolute Gasteiger partial charge is 0.248 e. The monoisotopic (exact) mass is 165 g/mol. The number of nitrogens with one attached hydrogen (secondary N) is 1. The zero-order valence-electron chi connectivity index (χ0n) is 7.09. The number of anilines is 1. The van der Waals surface area contributed by atoms with E-state index in [1.54, 1.807) is 19.2 Å². The second kappa shape index (κ2) is 3.21. The minimum Gasteiger partial charge on any atom is -0.373 e. The quantitative estimate of drug-likeness (QED) is 0.671. The van der Waals surface area contributed by atoms with Gasteiger partial charge in [-0.05, 0) is 19.1 Å². The molecule has 0 aromatic carbocycles. The summed E-state index contributed by atoms with van der Waals surface area (Å²) >= 11 is 0. The second-order valence-electron chi connectivity index (χ2n) is 2.50. The molecule has 0 unspecified atom stereocenters. The van der Waals surface area contributed by atoms with E-state index in [1.165, 1.54) is 0 Å². The van der Waals surface area contributed by atoms with Gasteiger partial charge in [-0.1, -0.05) is 0 Å². The average molecular weight is 165 g/mol. The Labute approximate surface area is 70.8 Å². The molecule has 1 heterocycles. The number of nitrogens with zero attached hydrogens (tertiary/aromatic N) is 1. The van der Waals surface area contributed by atoms with Gasteiger partial charge in [0, 0.05) is 18.3 Å². The molecular weight excluding hydrogens is 154 g/mol. The van der Waals surface area contributed by atoms with Gasteiger partial charge < -0.3 is 11.1 Å². The van der Waals surface area contributed by atoms with Crippen LogP contribution in [0.15, 0.2) is 12.1 Å². The molecule has 0 spiro atoms. The van der Waals surface area contributed by atoms with Crippen molar-refractivity contribution in [2.75, 3.05) is 12.4 Å². The van der Waals surface area contributed by atoms with E-state index in [2.05, 4.69) is 10.3 Å². The molecule has 0 aliphatic rings. The third-order valence-corrected chi connectivity index (χ3v) is 1.49. The maximum Gasteiger partial charge on any atom is 0.248 e. The van der Waals surface area contributed by atoms with Crippen molar-refractivity contribution in [1.82, 2.24) is 4.98 Å². The van der Waals surface area contributed by atoms with Crippen LogP contribution in [-0.2, 0) is 0 Å². The largest absolute Gasteiger partial charge is 0.373 e. The van der Waals surface area contributed by atoms with Crippen molar-refractivity contribution in [3.05, 3.63) is 23.4 Å². The Morgan fingerprint density at radius 2 is 2.25 bits per heavy atom. The summed E-state index contributed by atoms with van der Waals surface area (Å²) in [6.07, 6.45) is 0. The topological polar surface area (TPSA) is 68.0 Å². The summed E-state index contributed by atoms with van der Waals surface area (Å²) in [4.78, 5) is 14.9. The molecule has 1 rings (SSSR count). The molecule has 64 valence electrons. The molecular formula is C8H11N3O. The van der Waals surface area contributed by atoms with Crippen LogP contribution in [0.25, 0.3) is 0 Å². The Kier molecular flexibility index (Phi) is 2.28. The first-order chi connectivity index (χ1) is 5.63. The molecule has 0 bridgehead atoms. The molecule has 0 aliphatic heterocycles. The maximum absolute atomic E-state index is 10.8.